The van der Waals surface area contributed by atoms with Crippen molar-refractivity contribution in [2.45, 2.75) is 0 Å². The van der Waals surface area contributed by atoms with Gasteiger partial charge in [-0.1, -0.05) is 0 Å². The molecule has 0 aromatic heterocycles. The molecule has 0 heterocycles. The summed E-state index contributed by atoms with van der Waals surface area (Å²) in [6.45, 7) is 0. The van der Waals surface area contributed by atoms with E-state index in [2.05, 4.69) is 0 Å². The van der Waals surface area contributed by atoms with Gasteiger partial charge in [0.1, 0.15) is 0 Å². The second-order valence-electron chi connectivity index (χ2n) is 0. The van der Waals surface area contributed by atoms with Crippen molar-refractivity contribution in [3.63, 3.8) is 0 Å². The summed E-state index contributed by atoms with van der Waals surface area (Å²) in [5.41, 5.74) is 0. The molecule has 0 aromatic carbocycles. The predicted octanol–water partition coefficient (Wildman–Crippen LogP) is -2.47. The third kappa shape index (κ3) is 25.6. The molecule has 0 aliphatic rings. The molecule has 6 N–H and O–H groups in total. The van der Waals surface area contributed by atoms with Crippen LogP contribution in [0.15, 0.2) is 0 Å². The number of rotatable bonds is 0. The van der Waals surface area contributed by atoms with Crippen LogP contribution in [-0.2, 0) is 0 Å². The molecule has 0 amide bonds. The van der Waals surface area contributed by atoms with E-state index in [0.29, 0.717) is 0 Å². The van der Waals surface area contributed by atoms with Crippen molar-refractivity contribution in [3.8, 4) is 0 Å². The van der Waals surface area contributed by atoms with E-state index in [1.54, 1.807) is 0 Å². The van der Waals surface area contributed by atoms with Crippen LogP contribution in [0, 0.1) is 111 Å². The zero-order valence-corrected chi connectivity index (χ0v) is 7.24. The molecule has 0 fully saturated rings. The predicted molar refractivity (Wildman–Crippen MR) is 10.8 cm³/mol. The van der Waals surface area contributed by atoms with Crippen LogP contribution in [0.25, 0.3) is 0 Å². The van der Waals surface area contributed by atoms with Crippen LogP contribution in [0.5, 0.6) is 0 Å². The third-order valence-electron chi connectivity index (χ3n) is 0. The molecule has 0 bridgehead atoms. The molecule has 0 rings (SSSR count). The van der Waals surface area contributed by atoms with E-state index in [9.17, 15) is 0 Å². The van der Waals surface area contributed by atoms with Gasteiger partial charge in [0.15, 0.2) is 0 Å². The largest absolute Gasteiger partial charge is 0.412 e. The minimum atomic E-state index is 0. The molecule has 0 spiro atoms. The van der Waals surface area contributed by atoms with Crippen LogP contribution in [0.1, 0.15) is 0 Å². The van der Waals surface area contributed by atoms with Gasteiger partial charge in [-0.3, -0.25) is 0 Å². The first-order valence-electron chi connectivity index (χ1n) is 0. The molecule has 0 saturated carbocycles. The fourth-order valence-corrected chi connectivity index (χ4v) is 0. The van der Waals surface area contributed by atoms with Crippen LogP contribution in [0.2, 0.25) is 0 Å². The standard InChI is InChI=1S/3Lu.3H2O/h;;;3*1H2. The van der Waals surface area contributed by atoms with Crippen LogP contribution >= 0.6 is 0 Å². The summed E-state index contributed by atoms with van der Waals surface area (Å²) in [6, 6.07) is 0. The maximum atomic E-state index is 0. The Hall–Kier alpha value is 3.58. The van der Waals surface area contributed by atoms with Gasteiger partial charge in [-0.05, 0) is 0 Å². The van der Waals surface area contributed by atoms with Gasteiger partial charge in [0.05, 0.1) is 0 Å². The van der Waals surface area contributed by atoms with Gasteiger partial charge in [0.25, 0.3) is 0 Å². The molecule has 0 aromatic rings. The van der Waals surface area contributed by atoms with E-state index in [0.717, 1.165) is 0 Å². The van der Waals surface area contributed by atoms with Gasteiger partial charge < -0.3 is 16.4 Å². The van der Waals surface area contributed by atoms with E-state index in [1.807, 2.05) is 0 Å². The zero-order chi connectivity index (χ0) is 0. The summed E-state index contributed by atoms with van der Waals surface area (Å²) in [7, 11) is 0. The maximum absolute atomic E-state index is 0. The minimum Gasteiger partial charge on any atom is -0.412 e. The molecule has 6 heteroatoms. The first kappa shape index (κ1) is 55.0. The van der Waals surface area contributed by atoms with Crippen molar-refractivity contribution in [1.29, 1.82) is 0 Å². The Kier molecular flexibility index (Phi) is 353. The molecule has 3 radical (unpaired) electrons. The Morgan fingerprint density at radius 1 is 0.333 bits per heavy atom. The Labute approximate surface area is 124 Å². The van der Waals surface area contributed by atoms with E-state index >= 15 is 0 Å². The van der Waals surface area contributed by atoms with Gasteiger partial charge in [-0.25, -0.2) is 0 Å². The number of hydrogen-bond donors (Lipinski definition) is 0. The minimum absolute atomic E-state index is 0. The summed E-state index contributed by atoms with van der Waals surface area (Å²) < 4.78 is 0. The fourth-order valence-electron chi connectivity index (χ4n) is 0. The van der Waals surface area contributed by atoms with Crippen molar-refractivity contribution in [2.24, 2.45) is 0 Å². The monoisotopic (exact) mass is 579 g/mol. The van der Waals surface area contributed by atoms with Gasteiger partial charge >= 0.3 is 0 Å². The smallest absolute Gasteiger partial charge is 0 e. The first-order valence-corrected chi connectivity index (χ1v) is 0. The van der Waals surface area contributed by atoms with E-state index in [4.69, 9.17) is 0 Å². The van der Waals surface area contributed by atoms with Crippen LogP contribution in [-0.4, -0.2) is 16.4 Å². The van der Waals surface area contributed by atoms with E-state index in [1.165, 1.54) is 0 Å². The average Bonchev–Trinajstić information content (AvgIpc) is 0. The SMILES string of the molecule is O.O.O.[Lu].[Lu].[Lu]. The quantitative estimate of drug-likeness (QED) is 0.305. The molecule has 0 atom stereocenters. The molecule has 6 heavy (non-hydrogen) atoms. The molecule has 0 unspecified atom stereocenters. The van der Waals surface area contributed by atoms with Gasteiger partial charge in [0, 0.05) is 111 Å². The molecule has 0 saturated heterocycles. The number of hydrogen-bond acceptors (Lipinski definition) is 0. The summed E-state index contributed by atoms with van der Waals surface area (Å²) in [5.74, 6) is 0. The van der Waals surface area contributed by atoms with Crippen molar-refractivity contribution in [1.82, 2.24) is 0 Å². The molecule has 3 nitrogen and oxygen atoms in total. The Morgan fingerprint density at radius 2 is 0.333 bits per heavy atom. The molecule has 0 aliphatic carbocycles. The average molecular weight is 579 g/mol. The van der Waals surface area contributed by atoms with Crippen molar-refractivity contribution in [3.05, 3.63) is 0 Å². The van der Waals surface area contributed by atoms with Gasteiger partial charge in [-0.15, -0.1) is 0 Å². The Balaban J connectivity index is 0. The Morgan fingerprint density at radius 3 is 0.333 bits per heavy atom. The van der Waals surface area contributed by atoms with Crippen LogP contribution < -0.4 is 0 Å². The van der Waals surface area contributed by atoms with Crippen molar-refractivity contribution < 1.29 is 127 Å². The Bertz CT molecular complexity index is 6.00. The summed E-state index contributed by atoms with van der Waals surface area (Å²) >= 11 is 0. The van der Waals surface area contributed by atoms with Crippen LogP contribution in [0.3, 0.4) is 0 Å². The maximum Gasteiger partial charge on any atom is 0 e. The summed E-state index contributed by atoms with van der Waals surface area (Å²) in [5, 5.41) is 0. The van der Waals surface area contributed by atoms with E-state index in [-0.39, 0.29) is 127 Å². The molecule has 0 aliphatic heterocycles. The van der Waals surface area contributed by atoms with Crippen molar-refractivity contribution in [2.75, 3.05) is 0 Å². The van der Waals surface area contributed by atoms with Crippen molar-refractivity contribution >= 4 is 0 Å². The molecular formula is H6Lu3O3. The topological polar surface area (TPSA) is 94.5 Å². The fraction of sp³-hybridized carbons (Fsp3) is 0. The normalized spacial score (nSPS) is 0. The van der Waals surface area contributed by atoms with Gasteiger partial charge in [-0.2, -0.15) is 0 Å². The van der Waals surface area contributed by atoms with E-state index < -0.39 is 0 Å². The third-order valence-corrected chi connectivity index (χ3v) is 0. The second-order valence-corrected chi connectivity index (χ2v) is 0. The second kappa shape index (κ2) is 38.5. The van der Waals surface area contributed by atoms with Gasteiger partial charge in [0.2, 0.25) is 0 Å². The zero-order valence-electron chi connectivity index (χ0n) is 2.27. The first-order chi connectivity index (χ1) is 0. The summed E-state index contributed by atoms with van der Waals surface area (Å²) in [6.07, 6.45) is 0. The van der Waals surface area contributed by atoms with Crippen LogP contribution in [0.4, 0.5) is 0 Å². The molecular weight excluding hydrogens is 573 g/mol. The molecule has 69 valence electrons. The summed E-state index contributed by atoms with van der Waals surface area (Å²) in [4.78, 5) is 0.